The zero-order valence-corrected chi connectivity index (χ0v) is 8.58. The number of nitrogens with one attached hydrogen (secondary N) is 1. The molecule has 0 spiro atoms. The lowest BCUT2D eigenvalue weighted by Gasteiger charge is -2.17. The molecule has 1 heterocycles. The maximum atomic E-state index is 11.0. The van der Waals surface area contributed by atoms with Crippen molar-refractivity contribution >= 4 is 5.91 Å². The molecule has 4 heteroatoms. The molecule has 0 aromatic carbocycles. The zero-order chi connectivity index (χ0) is 10.6. The van der Waals surface area contributed by atoms with Crippen LogP contribution in [0.3, 0.4) is 0 Å². The Morgan fingerprint density at radius 1 is 1.79 bits per heavy atom. The second-order valence-corrected chi connectivity index (χ2v) is 3.73. The lowest BCUT2D eigenvalue weighted by atomic mass is 10.1. The molecule has 2 atom stereocenters. The number of nitrogens with two attached hydrogens (primary N) is 1. The van der Waals surface area contributed by atoms with Crippen molar-refractivity contribution in [1.82, 2.24) is 5.32 Å². The molecule has 0 radical (unpaired) electrons. The number of hydrogen-bond acceptors (Lipinski definition) is 3. The van der Waals surface area contributed by atoms with Gasteiger partial charge in [-0.2, -0.15) is 0 Å². The number of hydrogen-bond donors (Lipinski definition) is 2. The van der Waals surface area contributed by atoms with Crippen molar-refractivity contribution in [2.75, 3.05) is 13.2 Å². The van der Waals surface area contributed by atoms with Crippen LogP contribution in [0.25, 0.3) is 0 Å². The molecule has 0 aromatic rings. The Hall–Kier alpha value is -0.870. The van der Waals surface area contributed by atoms with E-state index in [1.807, 2.05) is 0 Å². The summed E-state index contributed by atoms with van der Waals surface area (Å²) < 4.78 is 5.42. The minimum Gasteiger partial charge on any atom is -0.377 e. The van der Waals surface area contributed by atoms with Gasteiger partial charge in [0.05, 0.1) is 6.10 Å². The minimum absolute atomic E-state index is 0.219. The van der Waals surface area contributed by atoms with Crippen LogP contribution >= 0.6 is 0 Å². The lowest BCUT2D eigenvalue weighted by molar-refractivity contribution is -0.119. The van der Waals surface area contributed by atoms with Gasteiger partial charge in [-0.1, -0.05) is 12.2 Å². The van der Waals surface area contributed by atoms with Gasteiger partial charge in [0, 0.05) is 13.2 Å². The van der Waals surface area contributed by atoms with E-state index in [9.17, 15) is 4.79 Å². The summed E-state index contributed by atoms with van der Waals surface area (Å²) in [5, 5.41) is 3.06. The van der Waals surface area contributed by atoms with E-state index in [0.717, 1.165) is 25.0 Å². The van der Waals surface area contributed by atoms with E-state index in [0.29, 0.717) is 6.54 Å². The molecule has 0 aliphatic carbocycles. The molecular weight excluding hydrogens is 180 g/mol. The van der Waals surface area contributed by atoms with E-state index in [1.165, 1.54) is 0 Å². The number of rotatable bonds is 5. The van der Waals surface area contributed by atoms with Crippen LogP contribution in [0.4, 0.5) is 0 Å². The number of primary amides is 1. The zero-order valence-electron chi connectivity index (χ0n) is 8.58. The van der Waals surface area contributed by atoms with E-state index in [1.54, 1.807) is 6.92 Å². The molecule has 2 unspecified atom stereocenters. The standard InChI is InChI=1S/C10H18N2O2/c1-7(2)9(10(11)13)12-6-8-4-3-5-14-8/h8-9,12H,1,3-6H2,2H3,(H2,11,13). The van der Waals surface area contributed by atoms with Crippen molar-refractivity contribution in [2.24, 2.45) is 5.73 Å². The monoisotopic (exact) mass is 198 g/mol. The Labute approximate surface area is 84.5 Å². The molecule has 1 rings (SSSR count). The summed E-state index contributed by atoms with van der Waals surface area (Å²) in [6.07, 6.45) is 2.37. The van der Waals surface area contributed by atoms with Crippen LogP contribution in [0.5, 0.6) is 0 Å². The topological polar surface area (TPSA) is 64.3 Å². The van der Waals surface area contributed by atoms with E-state index < -0.39 is 6.04 Å². The molecule has 1 fully saturated rings. The first-order valence-corrected chi connectivity index (χ1v) is 4.91. The fourth-order valence-corrected chi connectivity index (χ4v) is 1.57. The van der Waals surface area contributed by atoms with Gasteiger partial charge in [0.25, 0.3) is 0 Å². The van der Waals surface area contributed by atoms with E-state index in [-0.39, 0.29) is 12.0 Å². The summed E-state index contributed by atoms with van der Waals surface area (Å²) in [4.78, 5) is 11.0. The molecule has 1 saturated heterocycles. The molecular formula is C10H18N2O2. The summed E-state index contributed by atoms with van der Waals surface area (Å²) in [6, 6.07) is -0.431. The van der Waals surface area contributed by atoms with Crippen LogP contribution in [-0.4, -0.2) is 31.2 Å². The normalized spacial score (nSPS) is 23.4. The second-order valence-electron chi connectivity index (χ2n) is 3.73. The molecule has 80 valence electrons. The molecule has 3 N–H and O–H groups in total. The van der Waals surface area contributed by atoms with Crippen LogP contribution in [0, 0.1) is 0 Å². The highest BCUT2D eigenvalue weighted by Crippen LogP contribution is 2.11. The molecule has 0 bridgehead atoms. The molecule has 0 aromatic heterocycles. The van der Waals surface area contributed by atoms with Gasteiger partial charge in [0.2, 0.25) is 5.91 Å². The highest BCUT2D eigenvalue weighted by atomic mass is 16.5. The third-order valence-electron chi connectivity index (χ3n) is 2.35. The number of ether oxygens (including phenoxy) is 1. The van der Waals surface area contributed by atoms with Crippen molar-refractivity contribution in [1.29, 1.82) is 0 Å². The van der Waals surface area contributed by atoms with Gasteiger partial charge in [-0.05, 0) is 19.8 Å². The van der Waals surface area contributed by atoms with Crippen LogP contribution < -0.4 is 11.1 Å². The number of amides is 1. The number of carbonyl (C=O) groups is 1. The lowest BCUT2D eigenvalue weighted by Crippen LogP contribution is -2.44. The highest BCUT2D eigenvalue weighted by molar-refractivity contribution is 5.82. The molecule has 14 heavy (non-hydrogen) atoms. The van der Waals surface area contributed by atoms with Gasteiger partial charge >= 0.3 is 0 Å². The summed E-state index contributed by atoms with van der Waals surface area (Å²) in [7, 11) is 0. The summed E-state index contributed by atoms with van der Waals surface area (Å²) in [6.45, 7) is 6.99. The van der Waals surface area contributed by atoms with Gasteiger partial charge in [-0.15, -0.1) is 0 Å². The number of carbonyl (C=O) groups excluding carboxylic acids is 1. The van der Waals surface area contributed by atoms with Crippen molar-refractivity contribution in [2.45, 2.75) is 31.9 Å². The maximum Gasteiger partial charge on any atom is 0.238 e. The first kappa shape index (κ1) is 11.2. The van der Waals surface area contributed by atoms with Gasteiger partial charge in [-0.3, -0.25) is 10.1 Å². The predicted octanol–water partition coefficient (Wildman–Crippen LogP) is 0.185. The van der Waals surface area contributed by atoms with Crippen molar-refractivity contribution in [3.05, 3.63) is 12.2 Å². The average molecular weight is 198 g/mol. The van der Waals surface area contributed by atoms with Crippen LogP contribution in [0.1, 0.15) is 19.8 Å². The molecule has 0 saturated carbocycles. The van der Waals surface area contributed by atoms with Crippen molar-refractivity contribution in [3.8, 4) is 0 Å². The molecule has 1 amide bonds. The molecule has 1 aliphatic heterocycles. The fraction of sp³-hybridized carbons (Fsp3) is 0.700. The van der Waals surface area contributed by atoms with Crippen molar-refractivity contribution in [3.63, 3.8) is 0 Å². The maximum absolute atomic E-state index is 11.0. The first-order valence-electron chi connectivity index (χ1n) is 4.91. The Bertz CT molecular complexity index is 208. The second kappa shape index (κ2) is 5.12. The Balaban J connectivity index is 2.32. The third-order valence-corrected chi connectivity index (χ3v) is 2.35. The highest BCUT2D eigenvalue weighted by Gasteiger charge is 2.20. The Morgan fingerprint density at radius 3 is 2.93 bits per heavy atom. The van der Waals surface area contributed by atoms with Crippen LogP contribution in [-0.2, 0) is 9.53 Å². The van der Waals surface area contributed by atoms with E-state index >= 15 is 0 Å². The van der Waals surface area contributed by atoms with Crippen LogP contribution in [0.2, 0.25) is 0 Å². The van der Waals surface area contributed by atoms with Gasteiger partial charge < -0.3 is 10.5 Å². The summed E-state index contributed by atoms with van der Waals surface area (Å²) >= 11 is 0. The smallest absolute Gasteiger partial charge is 0.238 e. The largest absolute Gasteiger partial charge is 0.377 e. The van der Waals surface area contributed by atoms with Crippen LogP contribution in [0.15, 0.2) is 12.2 Å². The SMILES string of the molecule is C=C(C)C(NCC1CCCO1)C(N)=O. The fourth-order valence-electron chi connectivity index (χ4n) is 1.57. The van der Waals surface area contributed by atoms with Gasteiger partial charge in [-0.25, -0.2) is 0 Å². The first-order chi connectivity index (χ1) is 6.61. The van der Waals surface area contributed by atoms with Gasteiger partial charge in [0.15, 0.2) is 0 Å². The van der Waals surface area contributed by atoms with E-state index in [4.69, 9.17) is 10.5 Å². The average Bonchev–Trinajstić information content (AvgIpc) is 2.55. The molecule has 1 aliphatic rings. The predicted molar refractivity (Wildman–Crippen MR) is 54.8 cm³/mol. The minimum atomic E-state index is -0.431. The quantitative estimate of drug-likeness (QED) is 0.620. The Morgan fingerprint density at radius 2 is 2.50 bits per heavy atom. The summed E-state index contributed by atoms with van der Waals surface area (Å²) in [5.41, 5.74) is 5.97. The third kappa shape index (κ3) is 3.12. The van der Waals surface area contributed by atoms with Crippen molar-refractivity contribution < 1.29 is 9.53 Å². The molecule has 4 nitrogen and oxygen atoms in total. The summed E-state index contributed by atoms with van der Waals surface area (Å²) in [5.74, 6) is -0.379. The van der Waals surface area contributed by atoms with E-state index in [2.05, 4.69) is 11.9 Å². The Kier molecular flexibility index (Phi) is 4.10. The van der Waals surface area contributed by atoms with Gasteiger partial charge in [0.1, 0.15) is 6.04 Å².